The van der Waals surface area contributed by atoms with E-state index in [-0.39, 0.29) is 30.3 Å². The smallest absolute Gasteiger partial charge is 0.252 e. The Morgan fingerprint density at radius 1 is 1.26 bits per heavy atom. The molecule has 2 amide bonds. The number of aromatic nitrogens is 1. The molecule has 0 fully saturated rings. The quantitative estimate of drug-likeness (QED) is 0.689. The van der Waals surface area contributed by atoms with Crippen LogP contribution in [0, 0.1) is 5.92 Å². The zero-order chi connectivity index (χ0) is 14.3. The molecule has 0 aliphatic heterocycles. The monoisotopic (exact) mass is 265 g/mol. The molecule has 0 aliphatic carbocycles. The van der Waals surface area contributed by atoms with E-state index in [9.17, 15) is 14.4 Å². The standard InChI is InChI=1S/C13H19N3O3/c1-9(2)7-15-12(18)5-6-14-13(19)10-3-4-11(17)16-8-10/h3-4,8-9H,5-7H2,1-2H3,(H,14,19)(H,15,18)(H,16,17). The molecule has 0 saturated heterocycles. The highest BCUT2D eigenvalue weighted by atomic mass is 16.2. The zero-order valence-electron chi connectivity index (χ0n) is 11.2. The van der Waals surface area contributed by atoms with Crippen LogP contribution in [-0.2, 0) is 4.79 Å². The molecule has 1 aromatic heterocycles. The molecule has 0 bridgehead atoms. The molecule has 0 aromatic carbocycles. The van der Waals surface area contributed by atoms with Crippen molar-refractivity contribution in [1.82, 2.24) is 15.6 Å². The average Bonchev–Trinajstić information content (AvgIpc) is 2.37. The third-order valence-electron chi connectivity index (χ3n) is 2.39. The fourth-order valence-corrected chi connectivity index (χ4v) is 1.35. The Balaban J connectivity index is 2.29. The Hall–Kier alpha value is -2.11. The summed E-state index contributed by atoms with van der Waals surface area (Å²) < 4.78 is 0. The molecule has 6 heteroatoms. The van der Waals surface area contributed by atoms with Gasteiger partial charge in [0.2, 0.25) is 11.5 Å². The van der Waals surface area contributed by atoms with Crippen molar-refractivity contribution in [3.05, 3.63) is 34.2 Å². The highest BCUT2D eigenvalue weighted by molar-refractivity contribution is 5.94. The van der Waals surface area contributed by atoms with Crippen LogP contribution in [-0.4, -0.2) is 29.9 Å². The van der Waals surface area contributed by atoms with E-state index in [0.29, 0.717) is 18.0 Å². The van der Waals surface area contributed by atoms with Gasteiger partial charge in [0.15, 0.2) is 0 Å². The Morgan fingerprint density at radius 3 is 2.58 bits per heavy atom. The van der Waals surface area contributed by atoms with Gasteiger partial charge in [-0.3, -0.25) is 14.4 Å². The van der Waals surface area contributed by atoms with Gasteiger partial charge in [-0.2, -0.15) is 0 Å². The summed E-state index contributed by atoms with van der Waals surface area (Å²) in [5.41, 5.74) is 0.104. The minimum absolute atomic E-state index is 0.0875. The topological polar surface area (TPSA) is 91.1 Å². The van der Waals surface area contributed by atoms with Crippen molar-refractivity contribution >= 4 is 11.8 Å². The first-order chi connectivity index (χ1) is 8.99. The molecular formula is C13H19N3O3. The summed E-state index contributed by atoms with van der Waals surface area (Å²) in [6.07, 6.45) is 1.58. The van der Waals surface area contributed by atoms with Gasteiger partial charge in [0, 0.05) is 31.8 Å². The third-order valence-corrected chi connectivity index (χ3v) is 2.39. The summed E-state index contributed by atoms with van der Waals surface area (Å²) in [5.74, 6) is 0.00284. The number of hydrogen-bond acceptors (Lipinski definition) is 3. The molecule has 19 heavy (non-hydrogen) atoms. The van der Waals surface area contributed by atoms with E-state index >= 15 is 0 Å². The fourth-order valence-electron chi connectivity index (χ4n) is 1.35. The number of nitrogens with one attached hydrogen (secondary N) is 3. The van der Waals surface area contributed by atoms with Crippen LogP contribution in [0.4, 0.5) is 0 Å². The minimum Gasteiger partial charge on any atom is -0.356 e. The van der Waals surface area contributed by atoms with Gasteiger partial charge in [-0.15, -0.1) is 0 Å². The van der Waals surface area contributed by atoms with Crippen LogP contribution in [0.5, 0.6) is 0 Å². The number of pyridine rings is 1. The molecule has 104 valence electrons. The van der Waals surface area contributed by atoms with Crippen LogP contribution in [0.25, 0.3) is 0 Å². The lowest BCUT2D eigenvalue weighted by molar-refractivity contribution is -0.121. The first-order valence-corrected chi connectivity index (χ1v) is 6.22. The molecule has 1 heterocycles. The van der Waals surface area contributed by atoms with Crippen LogP contribution in [0.3, 0.4) is 0 Å². The van der Waals surface area contributed by atoms with Gasteiger partial charge in [-0.1, -0.05) is 13.8 Å². The van der Waals surface area contributed by atoms with Crippen molar-refractivity contribution in [2.24, 2.45) is 5.92 Å². The van der Waals surface area contributed by atoms with Crippen LogP contribution < -0.4 is 16.2 Å². The van der Waals surface area contributed by atoms with Crippen molar-refractivity contribution in [3.8, 4) is 0 Å². The summed E-state index contributed by atoms with van der Waals surface area (Å²) in [6, 6.07) is 2.72. The normalized spacial score (nSPS) is 10.3. The Morgan fingerprint density at radius 2 is 2.00 bits per heavy atom. The van der Waals surface area contributed by atoms with Gasteiger partial charge in [-0.25, -0.2) is 0 Å². The zero-order valence-corrected chi connectivity index (χ0v) is 11.2. The number of rotatable bonds is 6. The molecule has 1 rings (SSSR count). The highest BCUT2D eigenvalue weighted by Gasteiger charge is 2.06. The summed E-state index contributed by atoms with van der Waals surface area (Å²) in [7, 11) is 0. The molecule has 3 N–H and O–H groups in total. The van der Waals surface area contributed by atoms with E-state index < -0.39 is 0 Å². The number of H-pyrrole nitrogens is 1. The van der Waals surface area contributed by atoms with Gasteiger partial charge in [0.1, 0.15) is 0 Å². The molecule has 0 aliphatic rings. The summed E-state index contributed by atoms with van der Waals surface area (Å²) in [4.78, 5) is 36.3. The molecule has 6 nitrogen and oxygen atoms in total. The van der Waals surface area contributed by atoms with E-state index in [4.69, 9.17) is 0 Å². The van der Waals surface area contributed by atoms with E-state index in [1.165, 1.54) is 18.3 Å². The summed E-state index contributed by atoms with van der Waals surface area (Å²) >= 11 is 0. The molecule has 0 radical (unpaired) electrons. The fraction of sp³-hybridized carbons (Fsp3) is 0.462. The number of aromatic amines is 1. The molecule has 1 aromatic rings. The largest absolute Gasteiger partial charge is 0.356 e. The van der Waals surface area contributed by atoms with E-state index in [0.717, 1.165) is 0 Å². The Bertz CT molecular complexity index is 474. The van der Waals surface area contributed by atoms with E-state index in [1.54, 1.807) is 0 Å². The van der Waals surface area contributed by atoms with Gasteiger partial charge in [0.05, 0.1) is 5.56 Å². The lowest BCUT2D eigenvalue weighted by Gasteiger charge is -2.08. The van der Waals surface area contributed by atoms with E-state index in [1.807, 2.05) is 13.8 Å². The van der Waals surface area contributed by atoms with E-state index in [2.05, 4.69) is 15.6 Å². The van der Waals surface area contributed by atoms with Gasteiger partial charge in [0.25, 0.3) is 5.91 Å². The lowest BCUT2D eigenvalue weighted by Crippen LogP contribution is -2.32. The van der Waals surface area contributed by atoms with Gasteiger partial charge in [-0.05, 0) is 12.0 Å². The predicted molar refractivity (Wildman–Crippen MR) is 71.9 cm³/mol. The van der Waals surface area contributed by atoms with Crippen molar-refractivity contribution in [1.29, 1.82) is 0 Å². The second kappa shape index (κ2) is 7.35. The molecular weight excluding hydrogens is 246 g/mol. The average molecular weight is 265 g/mol. The maximum atomic E-state index is 11.6. The van der Waals surface area contributed by atoms with Crippen LogP contribution in [0.15, 0.2) is 23.1 Å². The number of hydrogen-bond donors (Lipinski definition) is 3. The summed E-state index contributed by atoms with van der Waals surface area (Å²) in [5, 5.41) is 5.38. The first-order valence-electron chi connectivity index (χ1n) is 6.22. The minimum atomic E-state index is -0.312. The molecule has 0 saturated carbocycles. The Labute approximate surface area is 111 Å². The van der Waals surface area contributed by atoms with Gasteiger partial charge < -0.3 is 15.6 Å². The summed E-state index contributed by atoms with van der Waals surface area (Å²) in [6.45, 7) is 4.92. The lowest BCUT2D eigenvalue weighted by atomic mass is 10.2. The SMILES string of the molecule is CC(C)CNC(=O)CCNC(=O)c1ccc(=O)[nH]c1. The van der Waals surface area contributed by atoms with Crippen LogP contribution in [0.2, 0.25) is 0 Å². The Kier molecular flexibility index (Phi) is 5.78. The van der Waals surface area contributed by atoms with Crippen LogP contribution in [0.1, 0.15) is 30.6 Å². The molecule has 0 unspecified atom stereocenters. The van der Waals surface area contributed by atoms with Crippen LogP contribution >= 0.6 is 0 Å². The van der Waals surface area contributed by atoms with Crippen molar-refractivity contribution in [2.75, 3.05) is 13.1 Å². The molecule has 0 atom stereocenters. The van der Waals surface area contributed by atoms with Crippen molar-refractivity contribution < 1.29 is 9.59 Å². The second-order valence-corrected chi connectivity index (χ2v) is 4.65. The molecule has 0 spiro atoms. The second-order valence-electron chi connectivity index (χ2n) is 4.65. The predicted octanol–water partition coefficient (Wildman–Crippen LogP) is 0.267. The van der Waals surface area contributed by atoms with Gasteiger partial charge >= 0.3 is 0 Å². The number of amides is 2. The van der Waals surface area contributed by atoms with Crippen molar-refractivity contribution in [2.45, 2.75) is 20.3 Å². The number of carbonyl (C=O) groups excluding carboxylic acids is 2. The first kappa shape index (κ1) is 14.9. The highest BCUT2D eigenvalue weighted by Crippen LogP contribution is 1.93. The number of carbonyl (C=O) groups is 2. The maximum Gasteiger partial charge on any atom is 0.252 e. The third kappa shape index (κ3) is 5.85. The maximum absolute atomic E-state index is 11.6. The van der Waals surface area contributed by atoms with Crippen molar-refractivity contribution in [3.63, 3.8) is 0 Å².